The summed E-state index contributed by atoms with van der Waals surface area (Å²) in [5.74, 6) is 0.642. The molecule has 3 unspecified atom stereocenters. The number of hydrogen-bond donors (Lipinski definition) is 1. The van der Waals surface area contributed by atoms with Crippen LogP contribution in [0, 0.1) is 16.7 Å². The van der Waals surface area contributed by atoms with Crippen LogP contribution in [0.15, 0.2) is 11.1 Å². The molecule has 2 aliphatic carbocycles. The van der Waals surface area contributed by atoms with E-state index in [1.54, 1.807) is 11.1 Å². The van der Waals surface area contributed by atoms with Crippen LogP contribution in [0.25, 0.3) is 0 Å². The van der Waals surface area contributed by atoms with Crippen molar-refractivity contribution >= 4 is 0 Å². The third-order valence-electron chi connectivity index (χ3n) is 4.79. The molecule has 0 saturated heterocycles. The zero-order chi connectivity index (χ0) is 10.7. The summed E-state index contributed by atoms with van der Waals surface area (Å²) < 4.78 is 0. The second-order valence-corrected chi connectivity index (χ2v) is 6.40. The van der Waals surface area contributed by atoms with E-state index in [1.165, 1.54) is 12.8 Å². The van der Waals surface area contributed by atoms with Gasteiger partial charge in [-0.1, -0.05) is 31.9 Å². The van der Waals surface area contributed by atoms with Crippen molar-refractivity contribution in [3.63, 3.8) is 0 Å². The molecule has 1 saturated carbocycles. The highest BCUT2D eigenvalue weighted by atomic mass is 14.8. The Hall–Kier alpha value is -0.300. The Morgan fingerprint density at radius 2 is 1.79 bits per heavy atom. The zero-order valence-corrected chi connectivity index (χ0v) is 10.1. The average molecular weight is 193 g/mol. The quantitative estimate of drug-likeness (QED) is 0.588. The minimum absolute atomic E-state index is 0.274. The van der Waals surface area contributed by atoms with Crippen LogP contribution in [0.4, 0.5) is 0 Å². The fourth-order valence-electron chi connectivity index (χ4n) is 3.88. The van der Waals surface area contributed by atoms with Gasteiger partial charge in [0.25, 0.3) is 0 Å². The Bertz CT molecular complexity index is 300. The van der Waals surface area contributed by atoms with Crippen molar-refractivity contribution < 1.29 is 0 Å². The van der Waals surface area contributed by atoms with Gasteiger partial charge in [0.15, 0.2) is 0 Å². The summed E-state index contributed by atoms with van der Waals surface area (Å²) in [7, 11) is 0. The highest BCUT2D eigenvalue weighted by Crippen LogP contribution is 2.58. The largest absolute Gasteiger partial charge is 0.326 e. The lowest BCUT2D eigenvalue weighted by Gasteiger charge is -2.46. The summed E-state index contributed by atoms with van der Waals surface area (Å²) in [4.78, 5) is 0. The Morgan fingerprint density at radius 1 is 1.21 bits per heavy atom. The molecule has 3 atom stereocenters. The normalized spacial score (nSPS) is 45.9. The van der Waals surface area contributed by atoms with Crippen LogP contribution in [-0.2, 0) is 0 Å². The Labute approximate surface area is 87.8 Å². The maximum absolute atomic E-state index is 6.38. The van der Waals surface area contributed by atoms with Crippen LogP contribution in [0.5, 0.6) is 0 Å². The summed E-state index contributed by atoms with van der Waals surface area (Å²) in [5.41, 5.74) is 10.3. The number of hydrogen-bond acceptors (Lipinski definition) is 1. The molecule has 2 aliphatic rings. The molecule has 14 heavy (non-hydrogen) atoms. The van der Waals surface area contributed by atoms with E-state index in [4.69, 9.17) is 5.73 Å². The lowest BCUT2D eigenvalue weighted by atomic mass is 9.60. The second kappa shape index (κ2) is 2.63. The van der Waals surface area contributed by atoms with Crippen LogP contribution < -0.4 is 5.73 Å². The van der Waals surface area contributed by atoms with E-state index in [2.05, 4.69) is 34.6 Å². The average Bonchev–Trinajstić information content (AvgIpc) is 2.19. The molecule has 2 bridgehead atoms. The second-order valence-electron chi connectivity index (χ2n) is 6.40. The molecule has 2 N–H and O–H groups in total. The lowest BCUT2D eigenvalue weighted by Crippen LogP contribution is -2.48. The van der Waals surface area contributed by atoms with Gasteiger partial charge in [0.05, 0.1) is 0 Å². The van der Waals surface area contributed by atoms with E-state index in [9.17, 15) is 0 Å². The highest BCUT2D eigenvalue weighted by Gasteiger charge is 2.53. The lowest BCUT2D eigenvalue weighted by molar-refractivity contribution is 0.0917. The van der Waals surface area contributed by atoms with Crippen molar-refractivity contribution in [1.82, 2.24) is 0 Å². The van der Waals surface area contributed by atoms with Gasteiger partial charge >= 0.3 is 0 Å². The van der Waals surface area contributed by atoms with Crippen molar-refractivity contribution in [2.24, 2.45) is 22.5 Å². The first kappa shape index (κ1) is 10.2. The first-order valence-electron chi connectivity index (χ1n) is 5.71. The Kier molecular flexibility index (Phi) is 1.92. The topological polar surface area (TPSA) is 26.0 Å². The van der Waals surface area contributed by atoms with Crippen LogP contribution in [0.3, 0.4) is 0 Å². The van der Waals surface area contributed by atoms with E-state index in [0.29, 0.717) is 17.4 Å². The summed E-state index contributed by atoms with van der Waals surface area (Å²) in [6, 6.07) is 0.371. The number of fused-ring (bicyclic) bond motifs is 2. The van der Waals surface area contributed by atoms with Crippen LogP contribution >= 0.6 is 0 Å². The molecule has 0 aromatic carbocycles. The minimum Gasteiger partial charge on any atom is -0.326 e. The maximum atomic E-state index is 6.38. The van der Waals surface area contributed by atoms with E-state index < -0.39 is 0 Å². The number of nitrogens with two attached hydrogens (primary N) is 1. The van der Waals surface area contributed by atoms with Crippen LogP contribution in [-0.4, -0.2) is 6.04 Å². The van der Waals surface area contributed by atoms with Gasteiger partial charge in [-0.05, 0) is 38.0 Å². The monoisotopic (exact) mass is 193 g/mol. The third kappa shape index (κ3) is 1.11. The fourth-order valence-corrected chi connectivity index (χ4v) is 3.88. The number of rotatable bonds is 0. The minimum atomic E-state index is 0.274. The van der Waals surface area contributed by atoms with E-state index in [1.807, 2.05) is 0 Å². The Morgan fingerprint density at radius 3 is 2.29 bits per heavy atom. The van der Waals surface area contributed by atoms with Crippen molar-refractivity contribution in [1.29, 1.82) is 0 Å². The highest BCUT2D eigenvalue weighted by molar-refractivity contribution is 5.34. The molecule has 0 aromatic rings. The molecule has 80 valence electrons. The Balaban J connectivity index is 2.45. The van der Waals surface area contributed by atoms with Gasteiger partial charge in [-0.25, -0.2) is 0 Å². The van der Waals surface area contributed by atoms with Crippen LogP contribution in [0.2, 0.25) is 0 Å². The summed E-state index contributed by atoms with van der Waals surface area (Å²) in [5, 5.41) is 0. The molecule has 1 nitrogen and oxygen atoms in total. The maximum Gasteiger partial charge on any atom is 0.0197 e. The van der Waals surface area contributed by atoms with E-state index >= 15 is 0 Å². The molecule has 0 aliphatic heterocycles. The summed E-state index contributed by atoms with van der Waals surface area (Å²) in [6.45, 7) is 11.7. The molecule has 0 spiro atoms. The van der Waals surface area contributed by atoms with Crippen molar-refractivity contribution in [2.75, 3.05) is 0 Å². The van der Waals surface area contributed by atoms with Gasteiger partial charge < -0.3 is 5.73 Å². The summed E-state index contributed by atoms with van der Waals surface area (Å²) >= 11 is 0. The summed E-state index contributed by atoms with van der Waals surface area (Å²) in [6.07, 6.45) is 2.52. The molecule has 1 heteroatoms. The first-order chi connectivity index (χ1) is 6.28. The third-order valence-corrected chi connectivity index (χ3v) is 4.79. The fraction of sp³-hybridized carbons (Fsp3) is 0.846. The standard InChI is InChI=1S/C13H23N/c1-8-9(2)13(5)7-12(3,4)6-10(8)11(13)14/h10-11H,6-7,14H2,1-5H3. The molecule has 0 radical (unpaired) electrons. The van der Waals surface area contributed by atoms with Gasteiger partial charge in [0.2, 0.25) is 0 Å². The van der Waals surface area contributed by atoms with Gasteiger partial charge in [0.1, 0.15) is 0 Å². The molecular formula is C13H23N. The van der Waals surface area contributed by atoms with Crippen molar-refractivity contribution in [3.05, 3.63) is 11.1 Å². The van der Waals surface area contributed by atoms with Gasteiger partial charge in [-0.3, -0.25) is 0 Å². The zero-order valence-electron chi connectivity index (χ0n) is 10.1. The van der Waals surface area contributed by atoms with Gasteiger partial charge in [-0.2, -0.15) is 0 Å². The SMILES string of the molecule is CC1=C(C)C2(C)CC(C)(C)CC1C2N. The van der Waals surface area contributed by atoms with Crippen molar-refractivity contribution in [3.8, 4) is 0 Å². The first-order valence-corrected chi connectivity index (χ1v) is 5.71. The molecule has 0 amide bonds. The smallest absolute Gasteiger partial charge is 0.0197 e. The predicted molar refractivity (Wildman–Crippen MR) is 61.0 cm³/mol. The molecule has 2 rings (SSSR count). The molecule has 0 heterocycles. The predicted octanol–water partition coefficient (Wildman–Crippen LogP) is 3.11. The molecule has 1 fully saturated rings. The van der Waals surface area contributed by atoms with E-state index in [-0.39, 0.29) is 5.41 Å². The van der Waals surface area contributed by atoms with Crippen molar-refractivity contribution in [2.45, 2.75) is 53.5 Å². The molecular weight excluding hydrogens is 170 g/mol. The van der Waals surface area contributed by atoms with Gasteiger partial charge in [0, 0.05) is 11.5 Å². The molecule has 0 aromatic heterocycles. The van der Waals surface area contributed by atoms with E-state index in [0.717, 1.165) is 0 Å². The van der Waals surface area contributed by atoms with Crippen LogP contribution in [0.1, 0.15) is 47.5 Å². The van der Waals surface area contributed by atoms with Gasteiger partial charge in [-0.15, -0.1) is 0 Å².